The fourth-order valence-corrected chi connectivity index (χ4v) is 4.72. The van der Waals surface area contributed by atoms with Crippen LogP contribution in [0.15, 0.2) is 43.0 Å². The summed E-state index contributed by atoms with van der Waals surface area (Å²) in [5, 5.41) is 3.47. The molecule has 1 N–H and O–H groups in total. The van der Waals surface area contributed by atoms with Crippen LogP contribution in [0.2, 0.25) is 0 Å². The molecule has 5 rings (SSSR count). The molecule has 0 amide bonds. The highest BCUT2D eigenvalue weighted by Gasteiger charge is 2.43. The smallest absolute Gasteiger partial charge is 0.0980 e. The molecule has 0 radical (unpaired) electrons. The van der Waals surface area contributed by atoms with Crippen molar-refractivity contribution in [3.8, 4) is 0 Å². The number of methoxy groups -OCH3 is 1. The van der Waals surface area contributed by atoms with Gasteiger partial charge in [-0.25, -0.2) is 0 Å². The Hall–Kier alpha value is -1.58. The maximum absolute atomic E-state index is 6.04. The Morgan fingerprint density at radius 3 is 3.00 bits per heavy atom. The van der Waals surface area contributed by atoms with Crippen LogP contribution in [0.1, 0.15) is 18.4 Å². The zero-order chi connectivity index (χ0) is 15.8. The van der Waals surface area contributed by atoms with Crippen molar-refractivity contribution in [3.63, 3.8) is 0 Å². The summed E-state index contributed by atoms with van der Waals surface area (Å²) in [5.41, 5.74) is 3.88. The van der Waals surface area contributed by atoms with Crippen LogP contribution in [0.5, 0.6) is 0 Å². The fourth-order valence-electron chi connectivity index (χ4n) is 4.72. The Morgan fingerprint density at radius 1 is 1.39 bits per heavy atom. The molecule has 23 heavy (non-hydrogen) atoms. The van der Waals surface area contributed by atoms with Gasteiger partial charge >= 0.3 is 0 Å². The van der Waals surface area contributed by atoms with E-state index < -0.39 is 0 Å². The van der Waals surface area contributed by atoms with Crippen molar-refractivity contribution in [1.82, 2.24) is 4.90 Å². The summed E-state index contributed by atoms with van der Waals surface area (Å²) in [6, 6.07) is 9.08. The van der Waals surface area contributed by atoms with Gasteiger partial charge in [0.2, 0.25) is 0 Å². The molecule has 4 aliphatic rings. The predicted molar refractivity (Wildman–Crippen MR) is 95.5 cm³/mol. The lowest BCUT2D eigenvalue weighted by Crippen LogP contribution is -2.57. The van der Waals surface area contributed by atoms with Crippen LogP contribution in [0.4, 0.5) is 5.69 Å². The minimum atomic E-state index is 0.159. The van der Waals surface area contributed by atoms with Crippen LogP contribution >= 0.6 is 0 Å². The van der Waals surface area contributed by atoms with Crippen LogP contribution in [0.25, 0.3) is 5.57 Å². The number of fused-ring (bicyclic) bond motifs is 4. The molecule has 0 aromatic heterocycles. The van der Waals surface area contributed by atoms with Crippen molar-refractivity contribution in [1.29, 1.82) is 0 Å². The quantitative estimate of drug-likeness (QED) is 0.863. The first-order chi connectivity index (χ1) is 11.3. The maximum Gasteiger partial charge on any atom is 0.0980 e. The molecular formula is C20H26N2O. The number of nitrogens with one attached hydrogen (secondary N) is 1. The molecule has 1 aromatic carbocycles. The molecule has 0 aliphatic carbocycles. The van der Waals surface area contributed by atoms with Gasteiger partial charge in [0.15, 0.2) is 0 Å². The SMILES string of the molecule is C=C[C@@H]1CN2CC[C@H]1C[C@H]2[C@H](OC)C1=CCNc2ccccc21. The first-order valence-corrected chi connectivity index (χ1v) is 8.74. The van der Waals surface area contributed by atoms with Crippen molar-refractivity contribution < 1.29 is 4.74 Å². The van der Waals surface area contributed by atoms with Crippen LogP contribution in [0.3, 0.4) is 0 Å². The highest BCUT2D eigenvalue weighted by molar-refractivity contribution is 5.81. The highest BCUT2D eigenvalue weighted by Crippen LogP contribution is 2.42. The average Bonchev–Trinajstić information content (AvgIpc) is 2.63. The van der Waals surface area contributed by atoms with Crippen molar-refractivity contribution in [3.05, 3.63) is 48.6 Å². The summed E-state index contributed by atoms with van der Waals surface area (Å²) in [5.74, 6) is 1.43. The summed E-state index contributed by atoms with van der Waals surface area (Å²) >= 11 is 0. The van der Waals surface area contributed by atoms with Gasteiger partial charge in [-0.3, -0.25) is 4.90 Å². The molecule has 4 aliphatic heterocycles. The molecule has 2 bridgehead atoms. The molecule has 3 nitrogen and oxygen atoms in total. The number of rotatable bonds is 4. The maximum atomic E-state index is 6.04. The number of piperidine rings is 3. The molecule has 3 saturated heterocycles. The third-order valence-corrected chi connectivity index (χ3v) is 5.92. The van der Waals surface area contributed by atoms with Crippen molar-refractivity contribution in [2.24, 2.45) is 11.8 Å². The van der Waals surface area contributed by atoms with E-state index in [1.54, 1.807) is 0 Å². The standard InChI is InChI=1S/C20H26N2O/c1-3-14-13-22-11-9-15(14)12-19(22)20(23-2)17-8-10-21-18-7-5-4-6-16(17)18/h3-8,14-15,19-21H,1,9-13H2,2H3/t14-,15+,19+,20-/m1/s1. The van der Waals surface area contributed by atoms with Gasteiger partial charge in [0.25, 0.3) is 0 Å². The minimum Gasteiger partial charge on any atom is -0.381 e. The number of nitrogens with zero attached hydrogens (tertiary/aromatic N) is 1. The number of ether oxygens (including phenoxy) is 1. The molecule has 122 valence electrons. The van der Waals surface area contributed by atoms with Gasteiger partial charge in [-0.05, 0) is 42.9 Å². The molecule has 4 heterocycles. The third kappa shape index (κ3) is 2.52. The Labute approximate surface area is 139 Å². The zero-order valence-corrected chi connectivity index (χ0v) is 13.9. The van der Waals surface area contributed by atoms with Crippen LogP contribution < -0.4 is 5.32 Å². The molecule has 1 unspecified atom stereocenters. The summed E-state index contributed by atoms with van der Waals surface area (Å²) in [4.78, 5) is 2.63. The van der Waals surface area contributed by atoms with Crippen LogP contribution in [-0.2, 0) is 4.74 Å². The van der Waals surface area contributed by atoms with Crippen molar-refractivity contribution >= 4 is 11.3 Å². The monoisotopic (exact) mass is 310 g/mol. The molecule has 0 spiro atoms. The number of hydrogen-bond acceptors (Lipinski definition) is 3. The van der Waals surface area contributed by atoms with E-state index in [1.165, 1.54) is 36.2 Å². The summed E-state index contributed by atoms with van der Waals surface area (Å²) in [6.07, 6.45) is 7.16. The molecule has 5 atom stereocenters. The van der Waals surface area contributed by atoms with E-state index in [4.69, 9.17) is 4.74 Å². The van der Waals surface area contributed by atoms with E-state index in [0.717, 1.165) is 19.0 Å². The lowest BCUT2D eigenvalue weighted by Gasteiger charge is -2.51. The Kier molecular flexibility index (Phi) is 4.00. The third-order valence-electron chi connectivity index (χ3n) is 5.92. The first-order valence-electron chi connectivity index (χ1n) is 8.74. The van der Waals surface area contributed by atoms with E-state index in [1.807, 2.05) is 7.11 Å². The van der Waals surface area contributed by atoms with E-state index in [0.29, 0.717) is 12.0 Å². The second-order valence-corrected chi connectivity index (χ2v) is 6.99. The van der Waals surface area contributed by atoms with Crippen LogP contribution in [0, 0.1) is 11.8 Å². The number of anilines is 1. The lowest BCUT2D eigenvalue weighted by molar-refractivity contribution is -0.0384. The Morgan fingerprint density at radius 2 is 2.26 bits per heavy atom. The highest BCUT2D eigenvalue weighted by atomic mass is 16.5. The summed E-state index contributed by atoms with van der Waals surface area (Å²) in [6.45, 7) is 7.27. The molecule has 0 saturated carbocycles. The van der Waals surface area contributed by atoms with Gasteiger partial charge in [-0.15, -0.1) is 6.58 Å². The zero-order valence-electron chi connectivity index (χ0n) is 13.9. The minimum absolute atomic E-state index is 0.159. The van der Waals surface area contributed by atoms with Crippen molar-refractivity contribution in [2.75, 3.05) is 32.1 Å². The topological polar surface area (TPSA) is 24.5 Å². The second-order valence-electron chi connectivity index (χ2n) is 6.99. The van der Waals surface area contributed by atoms with Gasteiger partial charge in [-0.1, -0.05) is 30.4 Å². The normalized spacial score (nSPS) is 33.3. The Balaban J connectivity index is 1.63. The van der Waals surface area contributed by atoms with E-state index in [2.05, 4.69) is 53.2 Å². The molecule has 3 fully saturated rings. The fraction of sp³-hybridized carbons (Fsp3) is 0.500. The molecule has 1 aromatic rings. The number of benzene rings is 1. The Bertz CT molecular complexity index is 624. The largest absolute Gasteiger partial charge is 0.381 e. The van der Waals surface area contributed by atoms with Crippen LogP contribution in [-0.4, -0.2) is 43.8 Å². The molecular weight excluding hydrogens is 284 g/mol. The van der Waals surface area contributed by atoms with E-state index in [-0.39, 0.29) is 6.10 Å². The molecule has 3 heteroatoms. The van der Waals surface area contributed by atoms with Gasteiger partial charge in [-0.2, -0.15) is 0 Å². The lowest BCUT2D eigenvalue weighted by atomic mass is 9.73. The predicted octanol–water partition coefficient (Wildman–Crippen LogP) is 3.41. The summed E-state index contributed by atoms with van der Waals surface area (Å²) < 4.78 is 6.04. The average molecular weight is 310 g/mol. The second kappa shape index (κ2) is 6.14. The van der Waals surface area contributed by atoms with Gasteiger partial charge in [0.1, 0.15) is 0 Å². The van der Waals surface area contributed by atoms with E-state index in [9.17, 15) is 0 Å². The number of para-hydroxylation sites is 1. The number of hydrogen-bond donors (Lipinski definition) is 1. The van der Waals surface area contributed by atoms with Gasteiger partial charge in [0.05, 0.1) is 6.10 Å². The first kappa shape index (κ1) is 15.0. The van der Waals surface area contributed by atoms with Crippen molar-refractivity contribution in [2.45, 2.75) is 25.0 Å². The van der Waals surface area contributed by atoms with Gasteiger partial charge in [0, 0.05) is 37.5 Å². The van der Waals surface area contributed by atoms with E-state index >= 15 is 0 Å². The van der Waals surface area contributed by atoms with Gasteiger partial charge < -0.3 is 10.1 Å². The summed E-state index contributed by atoms with van der Waals surface area (Å²) in [7, 11) is 1.87.